The minimum absolute atomic E-state index is 0.0934. The highest BCUT2D eigenvalue weighted by Crippen LogP contribution is 2.29. The number of amides is 1. The van der Waals surface area contributed by atoms with Crippen molar-refractivity contribution < 1.29 is 17.6 Å². The second-order valence-electron chi connectivity index (χ2n) is 6.68. The number of hydrogen-bond donors (Lipinski definition) is 1. The largest absolute Gasteiger partial charge is 0.439 e. The molecule has 2 heterocycles. The van der Waals surface area contributed by atoms with E-state index >= 15 is 0 Å². The van der Waals surface area contributed by atoms with Gasteiger partial charge in [-0.1, -0.05) is 64.5 Å². The Hall–Kier alpha value is -2.66. The summed E-state index contributed by atoms with van der Waals surface area (Å²) in [7, 11) is -3.86. The zero-order valence-corrected chi connectivity index (χ0v) is 19.8. The molecule has 0 aliphatic heterocycles. The Morgan fingerprint density at radius 2 is 1.78 bits per heavy atom. The number of thioether (sulfide) groups is 1. The molecule has 0 aliphatic rings. The first-order valence-electron chi connectivity index (χ1n) is 9.25. The fraction of sp³-hybridized carbons (Fsp3) is 0.0952. The maximum Gasteiger partial charge on any atom is 0.293 e. The lowest BCUT2D eigenvalue weighted by Gasteiger charge is -2.02. The minimum atomic E-state index is -3.86. The minimum Gasteiger partial charge on any atom is -0.439 e. The Balaban J connectivity index is 1.40. The molecule has 1 amide bonds. The number of benzene rings is 2. The smallest absolute Gasteiger partial charge is 0.293 e. The van der Waals surface area contributed by atoms with Gasteiger partial charge in [-0.05, 0) is 48.9 Å². The molecule has 0 spiro atoms. The van der Waals surface area contributed by atoms with E-state index in [1.165, 1.54) is 47.4 Å². The van der Waals surface area contributed by atoms with Crippen molar-refractivity contribution in [3.8, 4) is 0 Å². The maximum atomic E-state index is 12.7. The highest BCUT2D eigenvalue weighted by atomic mass is 35.5. The molecule has 0 saturated heterocycles. The summed E-state index contributed by atoms with van der Waals surface area (Å²) in [5.74, 6) is -0.0694. The summed E-state index contributed by atoms with van der Waals surface area (Å²) < 4.78 is 31.4. The van der Waals surface area contributed by atoms with Gasteiger partial charge in [-0.25, -0.2) is 8.42 Å². The van der Waals surface area contributed by atoms with Crippen molar-refractivity contribution in [1.82, 2.24) is 10.2 Å². The van der Waals surface area contributed by atoms with Crippen molar-refractivity contribution in [1.29, 1.82) is 0 Å². The average Bonchev–Trinajstić information content (AvgIpc) is 3.44. The molecule has 32 heavy (non-hydrogen) atoms. The first-order chi connectivity index (χ1) is 15.3. The monoisotopic (exact) mass is 505 g/mol. The van der Waals surface area contributed by atoms with Gasteiger partial charge in [-0.2, -0.15) is 0 Å². The predicted octanol–water partition coefficient (Wildman–Crippen LogP) is 5.47. The van der Waals surface area contributed by atoms with Crippen molar-refractivity contribution in [2.24, 2.45) is 0 Å². The summed E-state index contributed by atoms with van der Waals surface area (Å²) in [6, 6.07) is 16.5. The van der Waals surface area contributed by atoms with E-state index in [0.29, 0.717) is 15.1 Å². The Morgan fingerprint density at radius 3 is 2.50 bits per heavy atom. The van der Waals surface area contributed by atoms with Crippen LogP contribution < -0.4 is 5.32 Å². The van der Waals surface area contributed by atoms with Gasteiger partial charge in [0.05, 0.1) is 4.90 Å². The molecule has 0 fully saturated rings. The molecule has 4 aromatic rings. The molecular formula is C21H16ClN3O4S3. The Labute approximate surface area is 197 Å². The number of sulfone groups is 1. The molecule has 0 radical (unpaired) electrons. The van der Waals surface area contributed by atoms with Crippen LogP contribution in [0.4, 0.5) is 5.13 Å². The van der Waals surface area contributed by atoms with Gasteiger partial charge < -0.3 is 4.42 Å². The average molecular weight is 506 g/mol. The zero-order valence-electron chi connectivity index (χ0n) is 16.6. The molecule has 0 saturated carbocycles. The Bertz CT molecular complexity index is 1350. The van der Waals surface area contributed by atoms with E-state index in [2.05, 4.69) is 15.5 Å². The molecule has 1 N–H and O–H groups in total. The molecule has 4 rings (SSSR count). The van der Waals surface area contributed by atoms with Crippen LogP contribution >= 0.6 is 34.7 Å². The van der Waals surface area contributed by atoms with Crippen molar-refractivity contribution >= 4 is 55.6 Å². The summed E-state index contributed by atoms with van der Waals surface area (Å²) in [4.78, 5) is 12.6. The highest BCUT2D eigenvalue weighted by molar-refractivity contribution is 8.00. The summed E-state index contributed by atoms with van der Waals surface area (Å²) in [5, 5.41) is 11.2. The number of hydrogen-bond acceptors (Lipinski definition) is 8. The lowest BCUT2D eigenvalue weighted by atomic mass is 10.2. The molecular weight excluding hydrogens is 490 g/mol. The Morgan fingerprint density at radius 1 is 1.06 bits per heavy atom. The van der Waals surface area contributed by atoms with E-state index in [1.807, 2.05) is 31.2 Å². The second kappa shape index (κ2) is 9.45. The molecule has 2 aromatic carbocycles. The van der Waals surface area contributed by atoms with Gasteiger partial charge in [-0.15, -0.1) is 10.2 Å². The predicted molar refractivity (Wildman–Crippen MR) is 124 cm³/mol. The first-order valence-corrected chi connectivity index (χ1v) is 12.9. The van der Waals surface area contributed by atoms with Crippen LogP contribution in [0.3, 0.4) is 0 Å². The normalized spacial score (nSPS) is 11.4. The standard InChI is InChI=1S/C21H16ClN3O4S3/c1-13-2-8-16(9-3-13)32(27,28)18-11-10-17(29-18)19(26)23-20-24-25-21(31-20)30-12-14-4-6-15(22)7-5-14/h2-11H,12H2,1H3,(H,23,24,26). The molecule has 7 nitrogen and oxygen atoms in total. The summed E-state index contributed by atoms with van der Waals surface area (Å²) in [6.45, 7) is 1.86. The maximum absolute atomic E-state index is 12.7. The number of nitrogens with one attached hydrogen (secondary N) is 1. The third-order valence-electron chi connectivity index (χ3n) is 4.30. The van der Waals surface area contributed by atoms with Crippen LogP contribution in [0, 0.1) is 6.92 Å². The van der Waals surface area contributed by atoms with E-state index < -0.39 is 15.7 Å². The molecule has 0 bridgehead atoms. The van der Waals surface area contributed by atoms with Crippen LogP contribution in [0.1, 0.15) is 21.7 Å². The second-order valence-corrected chi connectivity index (χ2v) is 11.2. The Kier molecular flexibility index (Phi) is 6.66. The molecule has 0 atom stereocenters. The van der Waals surface area contributed by atoms with Gasteiger partial charge in [0.1, 0.15) is 0 Å². The number of anilines is 1. The summed E-state index contributed by atoms with van der Waals surface area (Å²) in [5.41, 5.74) is 2.02. The number of carbonyl (C=O) groups excluding carboxylic acids is 1. The van der Waals surface area contributed by atoms with E-state index in [4.69, 9.17) is 16.0 Å². The van der Waals surface area contributed by atoms with Crippen LogP contribution in [0.15, 0.2) is 79.4 Å². The number of nitrogens with zero attached hydrogens (tertiary/aromatic N) is 2. The summed E-state index contributed by atoms with van der Waals surface area (Å²) >= 11 is 8.57. The number of aryl methyl sites for hydroxylation is 1. The van der Waals surface area contributed by atoms with Gasteiger partial charge in [-0.3, -0.25) is 10.1 Å². The highest BCUT2D eigenvalue weighted by Gasteiger charge is 2.24. The van der Waals surface area contributed by atoms with E-state index in [-0.39, 0.29) is 20.9 Å². The van der Waals surface area contributed by atoms with Gasteiger partial charge in [0, 0.05) is 10.8 Å². The van der Waals surface area contributed by atoms with Crippen molar-refractivity contribution in [2.45, 2.75) is 27.0 Å². The molecule has 11 heteroatoms. The first kappa shape index (κ1) is 22.5. The molecule has 0 unspecified atom stereocenters. The number of halogens is 1. The lowest BCUT2D eigenvalue weighted by Crippen LogP contribution is -2.10. The topological polar surface area (TPSA) is 102 Å². The van der Waals surface area contributed by atoms with Crippen LogP contribution in [-0.2, 0) is 15.6 Å². The van der Waals surface area contributed by atoms with E-state index in [1.54, 1.807) is 12.1 Å². The molecule has 0 aliphatic carbocycles. The zero-order chi connectivity index (χ0) is 22.7. The molecule has 2 aromatic heterocycles. The molecule has 164 valence electrons. The number of furan rings is 1. The lowest BCUT2D eigenvalue weighted by molar-refractivity contribution is 0.0991. The van der Waals surface area contributed by atoms with Gasteiger partial charge in [0.25, 0.3) is 5.91 Å². The quantitative estimate of drug-likeness (QED) is 0.262. The number of carbonyl (C=O) groups is 1. The van der Waals surface area contributed by atoms with Crippen LogP contribution in [0.25, 0.3) is 0 Å². The van der Waals surface area contributed by atoms with Crippen LogP contribution in [0.2, 0.25) is 5.02 Å². The third-order valence-corrected chi connectivity index (χ3v) is 8.24. The van der Waals surface area contributed by atoms with E-state index in [0.717, 1.165) is 11.1 Å². The summed E-state index contributed by atoms with van der Waals surface area (Å²) in [6.07, 6.45) is 0. The van der Waals surface area contributed by atoms with Crippen LogP contribution in [-0.4, -0.2) is 24.5 Å². The van der Waals surface area contributed by atoms with Gasteiger partial charge >= 0.3 is 0 Å². The third kappa shape index (κ3) is 5.21. The fourth-order valence-corrected chi connectivity index (χ4v) is 5.63. The van der Waals surface area contributed by atoms with Crippen LogP contribution in [0.5, 0.6) is 0 Å². The van der Waals surface area contributed by atoms with E-state index in [9.17, 15) is 13.2 Å². The number of aromatic nitrogens is 2. The van der Waals surface area contributed by atoms with Gasteiger partial charge in [0.2, 0.25) is 20.1 Å². The van der Waals surface area contributed by atoms with Crippen molar-refractivity contribution in [3.05, 3.63) is 82.6 Å². The number of rotatable bonds is 7. The van der Waals surface area contributed by atoms with Gasteiger partial charge in [0.15, 0.2) is 10.1 Å². The van der Waals surface area contributed by atoms with Crippen molar-refractivity contribution in [3.63, 3.8) is 0 Å². The fourth-order valence-electron chi connectivity index (χ4n) is 2.62. The van der Waals surface area contributed by atoms with Crippen molar-refractivity contribution in [2.75, 3.05) is 5.32 Å². The SMILES string of the molecule is Cc1ccc(S(=O)(=O)c2ccc(C(=O)Nc3nnc(SCc4ccc(Cl)cc4)s3)o2)cc1.